The van der Waals surface area contributed by atoms with Gasteiger partial charge in [-0.25, -0.2) is 19.4 Å². The van der Waals surface area contributed by atoms with Crippen molar-refractivity contribution in [1.82, 2.24) is 14.9 Å². The summed E-state index contributed by atoms with van der Waals surface area (Å²) in [6.07, 6.45) is 5.34. The number of amides is 1. The molecule has 5 rings (SSSR count). The van der Waals surface area contributed by atoms with Crippen molar-refractivity contribution in [2.24, 2.45) is 0 Å². The number of hydrogen-bond donors (Lipinski definition) is 2. The Morgan fingerprint density at radius 2 is 1.95 bits per heavy atom. The second-order valence-corrected chi connectivity index (χ2v) is 10.9. The molecule has 222 valence electrons. The quantitative estimate of drug-likeness (QED) is 0.308. The van der Waals surface area contributed by atoms with Crippen LogP contribution in [0.1, 0.15) is 30.9 Å². The van der Waals surface area contributed by atoms with Gasteiger partial charge in [0, 0.05) is 37.7 Å². The van der Waals surface area contributed by atoms with E-state index in [4.69, 9.17) is 21.2 Å². The van der Waals surface area contributed by atoms with Crippen molar-refractivity contribution in [3.05, 3.63) is 71.8 Å². The minimum atomic E-state index is -0.483. The van der Waals surface area contributed by atoms with Gasteiger partial charge >= 0.3 is 0 Å². The lowest BCUT2D eigenvalue weighted by Gasteiger charge is -2.37. The number of anilines is 5. The van der Waals surface area contributed by atoms with Crippen LogP contribution in [0.15, 0.2) is 55.4 Å². The number of ether oxygens (including phenoxy) is 1. The molecule has 2 aliphatic rings. The van der Waals surface area contributed by atoms with Gasteiger partial charge < -0.3 is 25.2 Å². The highest BCUT2D eigenvalue weighted by Gasteiger charge is 2.30. The van der Waals surface area contributed by atoms with E-state index in [1.54, 1.807) is 30.4 Å². The molecule has 2 N–H and O–H groups in total. The highest BCUT2D eigenvalue weighted by molar-refractivity contribution is 6.30. The molecule has 2 fully saturated rings. The summed E-state index contributed by atoms with van der Waals surface area (Å²) in [4.78, 5) is 31.6. The van der Waals surface area contributed by atoms with E-state index in [9.17, 15) is 9.18 Å². The lowest BCUT2D eigenvalue weighted by Crippen LogP contribution is -2.42. The van der Waals surface area contributed by atoms with E-state index in [1.807, 2.05) is 12.1 Å². The number of benzene rings is 2. The summed E-state index contributed by atoms with van der Waals surface area (Å²) in [6, 6.07) is 10.5. The summed E-state index contributed by atoms with van der Waals surface area (Å²) < 4.78 is 20.0. The van der Waals surface area contributed by atoms with Gasteiger partial charge in [-0.15, -0.1) is 0 Å². The fourth-order valence-corrected chi connectivity index (χ4v) is 5.51. The summed E-state index contributed by atoms with van der Waals surface area (Å²) in [5, 5.41) is 7.98. The van der Waals surface area contributed by atoms with Gasteiger partial charge in [-0.1, -0.05) is 24.2 Å². The molecule has 1 atom stereocenters. The zero-order valence-electron chi connectivity index (χ0n) is 23.9. The minimum absolute atomic E-state index is 0.0689. The number of nitrogens with one attached hydrogen (secondary N) is 2. The van der Waals surface area contributed by atoms with Crippen LogP contribution >= 0.6 is 11.6 Å². The van der Waals surface area contributed by atoms with Crippen molar-refractivity contribution in [2.45, 2.75) is 31.3 Å². The maximum Gasteiger partial charge on any atom is 0.247 e. The fourth-order valence-electron chi connectivity index (χ4n) is 5.40. The van der Waals surface area contributed by atoms with Crippen molar-refractivity contribution in [3.8, 4) is 5.75 Å². The Labute approximate surface area is 250 Å². The van der Waals surface area contributed by atoms with Crippen LogP contribution in [-0.4, -0.2) is 67.7 Å². The molecular weight excluding hydrogens is 561 g/mol. The zero-order valence-corrected chi connectivity index (χ0v) is 24.7. The van der Waals surface area contributed by atoms with Crippen LogP contribution < -0.4 is 25.3 Å². The Balaban J connectivity index is 1.42. The monoisotopic (exact) mass is 595 g/mol. The summed E-state index contributed by atoms with van der Waals surface area (Å²) in [6.45, 7) is 5.75. The summed E-state index contributed by atoms with van der Waals surface area (Å²) >= 11 is 5.89. The number of aromatic nitrogens is 2. The second kappa shape index (κ2) is 12.9. The third kappa shape index (κ3) is 6.43. The molecule has 12 heteroatoms. The zero-order chi connectivity index (χ0) is 29.8. The Bertz CT molecular complexity index is 1450. The highest BCUT2D eigenvalue weighted by atomic mass is 35.5. The van der Waals surface area contributed by atoms with Crippen LogP contribution in [0.4, 0.5) is 33.1 Å². The highest BCUT2D eigenvalue weighted by Crippen LogP contribution is 2.40. The molecule has 3 aromatic rings. The summed E-state index contributed by atoms with van der Waals surface area (Å²) in [7, 11) is 5.81. The average Bonchev–Trinajstić information content (AvgIpc) is 3.49. The maximum absolute atomic E-state index is 14.2. The topological polar surface area (TPSA) is 95.1 Å². The van der Waals surface area contributed by atoms with Gasteiger partial charge in [0.1, 0.15) is 23.7 Å². The SMILES string of the molecule is C=CC(=O)Nc1cc(Nc2cc(N3OCCC3c3ccc(Cl)c(F)c3)ncn2)c(OC)cc1N1CCC(N(C)C)CC1. The first-order valence-corrected chi connectivity index (χ1v) is 14.2. The van der Waals surface area contributed by atoms with Crippen molar-refractivity contribution in [3.63, 3.8) is 0 Å². The van der Waals surface area contributed by atoms with Crippen LogP contribution in [-0.2, 0) is 9.63 Å². The molecule has 2 aromatic carbocycles. The van der Waals surface area contributed by atoms with Crippen LogP contribution in [0.5, 0.6) is 5.75 Å². The minimum Gasteiger partial charge on any atom is -0.494 e. The molecular formula is C30H35ClFN7O3. The predicted octanol–water partition coefficient (Wildman–Crippen LogP) is 5.56. The first kappa shape index (κ1) is 29.6. The number of halogens is 2. The van der Waals surface area contributed by atoms with Gasteiger partial charge in [0.25, 0.3) is 0 Å². The maximum atomic E-state index is 14.2. The molecule has 1 aromatic heterocycles. The van der Waals surface area contributed by atoms with Crippen LogP contribution in [0, 0.1) is 5.82 Å². The van der Waals surface area contributed by atoms with E-state index in [0.29, 0.717) is 47.8 Å². The first-order valence-electron chi connectivity index (χ1n) is 13.8. The molecule has 0 radical (unpaired) electrons. The number of rotatable bonds is 9. The van der Waals surface area contributed by atoms with Gasteiger partial charge in [0.05, 0.1) is 41.8 Å². The van der Waals surface area contributed by atoms with E-state index in [2.05, 4.69) is 51.1 Å². The smallest absolute Gasteiger partial charge is 0.247 e. The predicted molar refractivity (Wildman–Crippen MR) is 163 cm³/mol. The fraction of sp³-hybridized carbons (Fsp3) is 0.367. The van der Waals surface area contributed by atoms with Crippen LogP contribution in [0.25, 0.3) is 0 Å². The van der Waals surface area contributed by atoms with Gasteiger partial charge in [0.15, 0.2) is 5.82 Å². The Morgan fingerprint density at radius 3 is 2.64 bits per heavy atom. The molecule has 0 saturated carbocycles. The lowest BCUT2D eigenvalue weighted by atomic mass is 10.0. The van der Waals surface area contributed by atoms with Crippen LogP contribution in [0.2, 0.25) is 5.02 Å². The van der Waals surface area contributed by atoms with Gasteiger partial charge in [0.2, 0.25) is 5.91 Å². The van der Waals surface area contributed by atoms with Gasteiger partial charge in [-0.2, -0.15) is 0 Å². The molecule has 42 heavy (non-hydrogen) atoms. The van der Waals surface area contributed by atoms with E-state index in [-0.39, 0.29) is 17.0 Å². The van der Waals surface area contributed by atoms with Crippen molar-refractivity contribution >= 4 is 46.2 Å². The van der Waals surface area contributed by atoms with Gasteiger partial charge in [-0.05, 0) is 56.8 Å². The Morgan fingerprint density at radius 1 is 1.17 bits per heavy atom. The van der Waals surface area contributed by atoms with Crippen molar-refractivity contribution in [1.29, 1.82) is 0 Å². The molecule has 2 aliphatic heterocycles. The van der Waals surface area contributed by atoms with Crippen molar-refractivity contribution < 1.29 is 18.8 Å². The summed E-state index contributed by atoms with van der Waals surface area (Å²) in [5.41, 5.74) is 2.84. The van der Waals surface area contributed by atoms with E-state index in [0.717, 1.165) is 37.2 Å². The molecule has 0 aliphatic carbocycles. The number of carbonyl (C=O) groups is 1. The Hall–Kier alpha value is -3.93. The molecule has 3 heterocycles. The molecule has 0 spiro atoms. The number of hydrogen-bond acceptors (Lipinski definition) is 9. The van der Waals surface area contributed by atoms with E-state index in [1.165, 1.54) is 18.5 Å². The molecule has 0 bridgehead atoms. The molecule has 1 unspecified atom stereocenters. The van der Waals surface area contributed by atoms with Crippen molar-refractivity contribution in [2.75, 3.05) is 61.5 Å². The van der Waals surface area contributed by atoms with Gasteiger partial charge in [-0.3, -0.25) is 9.63 Å². The molecule has 2 saturated heterocycles. The summed E-state index contributed by atoms with van der Waals surface area (Å²) in [5.74, 6) is 0.780. The Kier molecular flexibility index (Phi) is 9.10. The number of piperidine rings is 1. The number of methoxy groups -OCH3 is 1. The first-order chi connectivity index (χ1) is 20.3. The third-order valence-corrected chi connectivity index (χ3v) is 7.98. The average molecular weight is 596 g/mol. The van der Waals surface area contributed by atoms with E-state index >= 15 is 0 Å². The van der Waals surface area contributed by atoms with Crippen LogP contribution in [0.3, 0.4) is 0 Å². The third-order valence-electron chi connectivity index (χ3n) is 7.67. The second-order valence-electron chi connectivity index (χ2n) is 10.5. The normalized spacial score (nSPS) is 17.4. The standard InChI is InChI=1S/C30H35ClFN7O3/c1-5-30(40)36-23-15-24(27(41-4)16-26(23)38-11-8-20(9-12-38)37(2)3)35-28-17-29(34-18-33-28)39-25(10-13-42-39)19-6-7-21(31)22(32)14-19/h5-7,14-18,20,25H,1,8-13H2,2-4H3,(H,36,40)(H,33,34,35). The molecule has 10 nitrogen and oxygen atoms in total. The number of nitrogens with zero attached hydrogens (tertiary/aromatic N) is 5. The number of carbonyl (C=O) groups excluding carboxylic acids is 1. The van der Waals surface area contributed by atoms with E-state index < -0.39 is 5.82 Å². The lowest BCUT2D eigenvalue weighted by molar-refractivity contribution is -0.111. The molecule has 1 amide bonds. The number of hydroxylamine groups is 1. The largest absolute Gasteiger partial charge is 0.494 e.